The first kappa shape index (κ1) is 27.3. The number of nitrogens with zero attached hydrogens (tertiary/aromatic N) is 1. The Kier molecular flexibility index (Phi) is 10.3. The lowest BCUT2D eigenvalue weighted by Crippen LogP contribution is -2.52. The summed E-state index contributed by atoms with van der Waals surface area (Å²) >= 11 is 5.87. The van der Waals surface area contributed by atoms with E-state index in [9.17, 15) is 4.79 Å². The predicted molar refractivity (Wildman–Crippen MR) is 150 cm³/mol. The van der Waals surface area contributed by atoms with Gasteiger partial charge in [0.25, 0.3) is 0 Å². The molecular formula is C30H43N3OS. The van der Waals surface area contributed by atoms with Gasteiger partial charge >= 0.3 is 0 Å². The number of carbonyl (C=O) groups is 1. The minimum absolute atomic E-state index is 0.162. The predicted octanol–water partition coefficient (Wildman–Crippen LogP) is 6.11. The molecule has 2 aromatic rings. The molecule has 0 bridgehead atoms. The van der Waals surface area contributed by atoms with E-state index in [1.807, 2.05) is 23.1 Å². The second-order valence-corrected chi connectivity index (χ2v) is 11.4. The van der Waals surface area contributed by atoms with E-state index in [4.69, 9.17) is 12.2 Å². The molecule has 3 atom stereocenters. The maximum absolute atomic E-state index is 13.7. The Morgan fingerprint density at radius 3 is 2.11 bits per heavy atom. The fourth-order valence-electron chi connectivity index (χ4n) is 4.98. The zero-order chi connectivity index (χ0) is 25.3. The van der Waals surface area contributed by atoms with Gasteiger partial charge in [0.1, 0.15) is 0 Å². The van der Waals surface area contributed by atoms with Crippen LogP contribution in [0.5, 0.6) is 0 Å². The molecule has 0 spiro atoms. The minimum Gasteiger partial charge on any atom is -0.375 e. The smallest absolute Gasteiger partial charge is 0.226 e. The van der Waals surface area contributed by atoms with Crippen LogP contribution >= 0.6 is 12.2 Å². The van der Waals surface area contributed by atoms with Crippen molar-refractivity contribution < 1.29 is 4.79 Å². The van der Waals surface area contributed by atoms with Crippen molar-refractivity contribution >= 4 is 23.1 Å². The van der Waals surface area contributed by atoms with Crippen LogP contribution in [0.15, 0.2) is 60.7 Å². The van der Waals surface area contributed by atoms with E-state index in [0.29, 0.717) is 31.6 Å². The monoisotopic (exact) mass is 493 g/mol. The summed E-state index contributed by atoms with van der Waals surface area (Å²) < 4.78 is 0. The molecule has 0 heterocycles. The van der Waals surface area contributed by atoms with Gasteiger partial charge in [-0.1, -0.05) is 106 Å². The molecule has 2 aromatic carbocycles. The minimum atomic E-state index is -0.176. The van der Waals surface area contributed by atoms with Crippen LogP contribution in [-0.4, -0.2) is 34.4 Å². The van der Waals surface area contributed by atoms with Crippen LogP contribution in [0.4, 0.5) is 0 Å². The Balaban J connectivity index is 1.63. The maximum Gasteiger partial charge on any atom is 0.226 e. The number of hydrogen-bond donors (Lipinski definition) is 2. The van der Waals surface area contributed by atoms with Crippen LogP contribution in [0.3, 0.4) is 0 Å². The van der Waals surface area contributed by atoms with Gasteiger partial charge in [-0.15, -0.1) is 0 Å². The molecule has 1 fully saturated rings. The summed E-state index contributed by atoms with van der Waals surface area (Å²) in [5.74, 6) is 0.0286. The van der Waals surface area contributed by atoms with Crippen molar-refractivity contribution in [2.24, 2.45) is 11.3 Å². The zero-order valence-corrected chi connectivity index (χ0v) is 22.7. The quantitative estimate of drug-likeness (QED) is 0.392. The third-order valence-electron chi connectivity index (χ3n) is 7.17. The number of benzene rings is 2. The highest BCUT2D eigenvalue weighted by Crippen LogP contribution is 2.32. The molecule has 4 nitrogen and oxygen atoms in total. The van der Waals surface area contributed by atoms with Crippen LogP contribution in [0, 0.1) is 11.3 Å². The summed E-state index contributed by atoms with van der Waals surface area (Å²) in [5.41, 5.74) is 2.28. The number of amides is 1. The van der Waals surface area contributed by atoms with Gasteiger partial charge in [0.05, 0.1) is 4.99 Å². The van der Waals surface area contributed by atoms with E-state index in [0.717, 1.165) is 29.9 Å². The molecular weight excluding hydrogens is 450 g/mol. The average Bonchev–Trinajstić information content (AvgIpc) is 2.85. The molecule has 0 radical (unpaired) electrons. The summed E-state index contributed by atoms with van der Waals surface area (Å²) in [5, 5.41) is 7.42. The van der Waals surface area contributed by atoms with E-state index >= 15 is 0 Å². The van der Waals surface area contributed by atoms with Gasteiger partial charge in [0, 0.05) is 44.1 Å². The molecule has 1 aliphatic carbocycles. The van der Waals surface area contributed by atoms with E-state index in [-0.39, 0.29) is 17.2 Å². The third-order valence-corrected chi connectivity index (χ3v) is 7.45. The summed E-state index contributed by atoms with van der Waals surface area (Å²) in [6.07, 6.45) is 5.30. The van der Waals surface area contributed by atoms with Crippen molar-refractivity contribution in [2.75, 3.05) is 6.54 Å². The second kappa shape index (κ2) is 13.2. The normalized spacial score (nSPS) is 19.1. The highest BCUT2D eigenvalue weighted by atomic mass is 32.1. The molecule has 35 heavy (non-hydrogen) atoms. The van der Waals surface area contributed by atoms with E-state index in [2.05, 4.69) is 80.8 Å². The van der Waals surface area contributed by atoms with Crippen molar-refractivity contribution in [3.8, 4) is 0 Å². The van der Waals surface area contributed by atoms with Crippen LogP contribution < -0.4 is 10.6 Å². The first-order valence-electron chi connectivity index (χ1n) is 13.2. The van der Waals surface area contributed by atoms with Gasteiger partial charge in [0.15, 0.2) is 0 Å². The molecule has 0 unspecified atom stereocenters. The summed E-state index contributed by atoms with van der Waals surface area (Å²) in [7, 11) is 0. The average molecular weight is 494 g/mol. The number of carbonyl (C=O) groups excluding carboxylic acids is 1. The van der Waals surface area contributed by atoms with Gasteiger partial charge in [-0.3, -0.25) is 4.79 Å². The number of hydrogen-bond acceptors (Lipinski definition) is 3. The van der Waals surface area contributed by atoms with E-state index in [1.165, 1.54) is 18.4 Å². The van der Waals surface area contributed by atoms with Gasteiger partial charge in [0.2, 0.25) is 5.91 Å². The Labute approximate surface area is 217 Å². The Morgan fingerprint density at radius 1 is 0.971 bits per heavy atom. The molecule has 1 aliphatic rings. The molecule has 3 rings (SSSR count). The van der Waals surface area contributed by atoms with Crippen molar-refractivity contribution in [3.63, 3.8) is 0 Å². The number of rotatable bonds is 10. The van der Waals surface area contributed by atoms with Crippen molar-refractivity contribution in [1.29, 1.82) is 0 Å². The number of nitrogens with one attached hydrogen (secondary N) is 2. The molecule has 5 heteroatoms. The van der Waals surface area contributed by atoms with E-state index < -0.39 is 0 Å². The molecule has 1 amide bonds. The lowest BCUT2D eigenvalue weighted by Gasteiger charge is -2.37. The maximum atomic E-state index is 13.7. The van der Waals surface area contributed by atoms with Gasteiger partial charge in [-0.05, 0) is 36.3 Å². The number of thiocarbonyl (C=S) groups is 1. The Bertz CT molecular complexity index is 926. The molecule has 1 saturated carbocycles. The zero-order valence-electron chi connectivity index (χ0n) is 21.9. The lowest BCUT2D eigenvalue weighted by molar-refractivity contribution is -0.139. The van der Waals surface area contributed by atoms with Gasteiger partial charge < -0.3 is 15.5 Å². The highest BCUT2D eigenvalue weighted by Gasteiger charge is 2.35. The first-order valence-corrected chi connectivity index (χ1v) is 13.6. The summed E-state index contributed by atoms with van der Waals surface area (Å²) in [6, 6.07) is 21.5. The summed E-state index contributed by atoms with van der Waals surface area (Å²) in [6.45, 7) is 10.7. The van der Waals surface area contributed by atoms with Crippen molar-refractivity contribution in [3.05, 3.63) is 71.8 Å². The fraction of sp³-hybridized carbons (Fsp3) is 0.533. The summed E-state index contributed by atoms with van der Waals surface area (Å²) in [4.78, 5) is 16.5. The standard InChI is InChI=1S/C30H43N3OS/c1-5-33(22-24-16-10-7-11-17-24)29(34)25(30(2,3)4)20-28(35)32-27-19-13-12-18-26(27)31-21-23-14-8-6-9-15-23/h6-11,14-17,25-27,31H,5,12-13,18-22H2,1-4H3,(H,32,35)/t25-,26-,27-/m1/s1. The van der Waals surface area contributed by atoms with Crippen LogP contribution in [0.2, 0.25) is 0 Å². The largest absolute Gasteiger partial charge is 0.375 e. The molecule has 2 N–H and O–H groups in total. The van der Waals surface area contributed by atoms with Crippen molar-refractivity contribution in [2.45, 2.75) is 85.0 Å². The Morgan fingerprint density at radius 2 is 1.54 bits per heavy atom. The molecule has 190 valence electrons. The van der Waals surface area contributed by atoms with E-state index in [1.54, 1.807) is 0 Å². The molecule has 0 aliphatic heterocycles. The first-order chi connectivity index (χ1) is 16.8. The lowest BCUT2D eigenvalue weighted by atomic mass is 9.77. The van der Waals surface area contributed by atoms with Gasteiger partial charge in [-0.2, -0.15) is 0 Å². The fourth-order valence-corrected chi connectivity index (χ4v) is 5.30. The second-order valence-electron chi connectivity index (χ2n) is 10.9. The topological polar surface area (TPSA) is 44.4 Å². The highest BCUT2D eigenvalue weighted by molar-refractivity contribution is 7.80. The van der Waals surface area contributed by atoms with Crippen LogP contribution in [-0.2, 0) is 17.9 Å². The molecule has 0 saturated heterocycles. The SMILES string of the molecule is CCN(Cc1ccccc1)C(=O)[C@@H](CC(=S)N[C@@H]1CCCC[C@H]1NCc1ccccc1)C(C)(C)C. The molecule has 0 aromatic heterocycles. The van der Waals surface area contributed by atoms with Gasteiger partial charge in [-0.25, -0.2) is 0 Å². The Hall–Kier alpha value is -2.24. The van der Waals surface area contributed by atoms with Crippen molar-refractivity contribution in [1.82, 2.24) is 15.5 Å². The van der Waals surface area contributed by atoms with Crippen LogP contribution in [0.25, 0.3) is 0 Å². The van der Waals surface area contributed by atoms with Crippen LogP contribution in [0.1, 0.15) is 70.9 Å². The third kappa shape index (κ3) is 8.43.